The zero-order valence-electron chi connectivity index (χ0n) is 26.8. The number of hydrogen-bond donors (Lipinski definition) is 1. The second-order valence-corrected chi connectivity index (χ2v) is 10.8. The van der Waals surface area contributed by atoms with Crippen molar-refractivity contribution in [1.82, 2.24) is 20.0 Å². The summed E-state index contributed by atoms with van der Waals surface area (Å²) in [6.07, 6.45) is 4.14. The zero-order valence-corrected chi connectivity index (χ0v) is 26.8. The van der Waals surface area contributed by atoms with E-state index in [1.165, 1.54) is 6.07 Å². The number of rotatable bonds is 5. The molecule has 4 aromatic rings. The summed E-state index contributed by atoms with van der Waals surface area (Å²) < 4.78 is 27.6. The van der Waals surface area contributed by atoms with Gasteiger partial charge in [0.15, 0.2) is 0 Å². The van der Waals surface area contributed by atoms with Gasteiger partial charge in [-0.15, -0.1) is 0 Å². The van der Waals surface area contributed by atoms with Crippen molar-refractivity contribution < 1.29 is 18.4 Å². The van der Waals surface area contributed by atoms with E-state index in [1.54, 1.807) is 31.1 Å². The highest BCUT2D eigenvalue weighted by molar-refractivity contribution is 5.96. The average Bonchev–Trinajstić information content (AvgIpc) is 3.59. The Kier molecular flexibility index (Phi) is 10.7. The largest absolute Gasteiger partial charge is 0.381 e. The topological polar surface area (TPSA) is 85.4 Å². The van der Waals surface area contributed by atoms with Crippen LogP contribution in [0.15, 0.2) is 40.9 Å². The maximum Gasteiger partial charge on any atom is 0.241 e. The summed E-state index contributed by atoms with van der Waals surface area (Å²) in [6.45, 7) is 14.4. The van der Waals surface area contributed by atoms with E-state index in [0.717, 1.165) is 65.1 Å². The monoisotopic (exact) mass is 591 g/mol. The summed E-state index contributed by atoms with van der Waals surface area (Å²) >= 11 is 0. The zero-order chi connectivity index (χ0) is 31.3. The Labute approximate surface area is 254 Å². The average molecular weight is 592 g/mol. The first-order valence-electron chi connectivity index (χ1n) is 15.6. The molecule has 3 heterocycles. The molecule has 1 aliphatic carbocycles. The second-order valence-electron chi connectivity index (χ2n) is 10.8. The third kappa shape index (κ3) is 6.38. The fraction of sp³-hybridized carbons (Fsp3) is 0.500. The molecule has 1 amide bonds. The minimum absolute atomic E-state index is 0.0598. The van der Waals surface area contributed by atoms with Crippen LogP contribution in [0.2, 0.25) is 0 Å². The van der Waals surface area contributed by atoms with Gasteiger partial charge in [0.25, 0.3) is 0 Å². The number of imidazole rings is 1. The molecule has 232 valence electrons. The molecular weight excluding hydrogens is 545 g/mol. The predicted molar refractivity (Wildman–Crippen MR) is 170 cm³/mol. The number of aryl methyl sites for hydroxylation is 3. The fourth-order valence-electron chi connectivity index (χ4n) is 6.30. The number of piperazine rings is 1. The van der Waals surface area contributed by atoms with Crippen molar-refractivity contribution in [2.24, 2.45) is 0 Å². The molecule has 1 aliphatic heterocycles. The molecule has 2 aromatic heterocycles. The van der Waals surface area contributed by atoms with Crippen LogP contribution in [0.1, 0.15) is 88.3 Å². The maximum absolute atomic E-state index is 14.1. The number of methoxy groups -OCH3 is 1. The minimum Gasteiger partial charge on any atom is -0.381 e. The highest BCUT2D eigenvalue weighted by atomic mass is 19.1. The van der Waals surface area contributed by atoms with Crippen molar-refractivity contribution in [2.45, 2.75) is 92.3 Å². The Morgan fingerprint density at radius 3 is 2.35 bits per heavy atom. The van der Waals surface area contributed by atoms with Crippen LogP contribution < -0.4 is 10.2 Å². The Hall–Kier alpha value is -3.56. The van der Waals surface area contributed by atoms with Gasteiger partial charge in [0, 0.05) is 30.9 Å². The Morgan fingerprint density at radius 2 is 1.72 bits per heavy atom. The molecule has 8 nitrogen and oxygen atoms in total. The summed E-state index contributed by atoms with van der Waals surface area (Å²) in [6, 6.07) is 11.1. The van der Waals surface area contributed by atoms with Crippen LogP contribution in [0.25, 0.3) is 22.2 Å². The number of benzene rings is 2. The SMILES string of the molecule is CC.CC.COC1CCC(n2c(C3CNCC(=O)N3c3ccc(F)c(C)c3)nc3cc(-c4c(C)noc4C)ccc32)CC1. The third-order valence-electron chi connectivity index (χ3n) is 8.29. The lowest BCUT2D eigenvalue weighted by atomic mass is 9.92. The van der Waals surface area contributed by atoms with E-state index < -0.39 is 0 Å². The molecule has 1 saturated heterocycles. The number of carbonyl (C=O) groups excluding carboxylic acids is 1. The van der Waals surface area contributed by atoms with E-state index >= 15 is 0 Å². The lowest BCUT2D eigenvalue weighted by molar-refractivity contribution is -0.119. The van der Waals surface area contributed by atoms with Crippen molar-refractivity contribution in [1.29, 1.82) is 0 Å². The van der Waals surface area contributed by atoms with Gasteiger partial charge in [-0.05, 0) is 87.9 Å². The van der Waals surface area contributed by atoms with Crippen LogP contribution in [-0.4, -0.2) is 46.9 Å². The molecule has 2 fully saturated rings. The molecule has 1 unspecified atom stereocenters. The molecule has 0 radical (unpaired) electrons. The highest BCUT2D eigenvalue weighted by Gasteiger charge is 2.36. The number of amides is 1. The molecule has 9 heteroatoms. The molecule has 1 atom stereocenters. The summed E-state index contributed by atoms with van der Waals surface area (Å²) in [7, 11) is 1.78. The first kappa shape index (κ1) is 32.4. The molecular formula is C34H46FN5O3. The van der Waals surface area contributed by atoms with Crippen LogP contribution in [0.5, 0.6) is 0 Å². The fourth-order valence-corrected chi connectivity index (χ4v) is 6.30. The lowest BCUT2D eigenvalue weighted by Crippen LogP contribution is -2.51. The van der Waals surface area contributed by atoms with Crippen LogP contribution >= 0.6 is 0 Å². The number of carbonyl (C=O) groups is 1. The highest BCUT2D eigenvalue weighted by Crippen LogP contribution is 2.39. The van der Waals surface area contributed by atoms with E-state index in [-0.39, 0.29) is 36.5 Å². The van der Waals surface area contributed by atoms with Gasteiger partial charge >= 0.3 is 0 Å². The van der Waals surface area contributed by atoms with E-state index in [1.807, 2.05) is 41.5 Å². The van der Waals surface area contributed by atoms with Crippen LogP contribution in [0.3, 0.4) is 0 Å². The molecule has 2 aliphatic rings. The third-order valence-corrected chi connectivity index (χ3v) is 8.29. The Balaban J connectivity index is 0.00000102. The van der Waals surface area contributed by atoms with Gasteiger partial charge in [0.05, 0.1) is 29.4 Å². The van der Waals surface area contributed by atoms with Gasteiger partial charge in [0.1, 0.15) is 23.4 Å². The number of nitrogens with zero attached hydrogens (tertiary/aromatic N) is 4. The maximum atomic E-state index is 14.1. The van der Waals surface area contributed by atoms with E-state index in [9.17, 15) is 9.18 Å². The first-order valence-corrected chi connectivity index (χ1v) is 15.6. The summed E-state index contributed by atoms with van der Waals surface area (Å²) in [5.74, 6) is 1.26. The first-order chi connectivity index (χ1) is 20.9. The molecule has 0 spiro atoms. The van der Waals surface area contributed by atoms with Crippen molar-refractivity contribution in [3.63, 3.8) is 0 Å². The number of aromatic nitrogens is 3. The number of nitrogens with one attached hydrogen (secondary N) is 1. The molecule has 6 rings (SSSR count). The summed E-state index contributed by atoms with van der Waals surface area (Å²) in [4.78, 5) is 20.3. The van der Waals surface area contributed by atoms with E-state index in [4.69, 9.17) is 14.2 Å². The summed E-state index contributed by atoms with van der Waals surface area (Å²) in [5.41, 5.74) is 5.91. The Morgan fingerprint density at radius 1 is 1.00 bits per heavy atom. The smallest absolute Gasteiger partial charge is 0.241 e. The number of anilines is 1. The lowest BCUT2D eigenvalue weighted by Gasteiger charge is -2.38. The van der Waals surface area contributed by atoms with Crippen molar-refractivity contribution >= 4 is 22.6 Å². The van der Waals surface area contributed by atoms with Gasteiger partial charge in [-0.1, -0.05) is 38.9 Å². The molecule has 1 N–H and O–H groups in total. The van der Waals surface area contributed by atoms with Crippen LogP contribution in [-0.2, 0) is 9.53 Å². The number of ether oxygens (including phenoxy) is 1. The standard InChI is InChI=1S/C30H34FN5O3.2C2H6/c1-17-13-22(8-11-24(17)31)35-27(15-32-16-28(35)37)30-33-25-14-20(29-18(2)34-39-19(29)3)5-12-26(25)36(30)21-6-9-23(38-4)10-7-21;2*1-2/h5,8,11-14,21,23,27,32H,6-7,9-10,15-16H2,1-4H3;2*1-2H3. The van der Waals surface area contributed by atoms with E-state index in [2.05, 4.69) is 33.2 Å². The summed E-state index contributed by atoms with van der Waals surface area (Å²) in [5, 5.41) is 7.42. The van der Waals surface area contributed by atoms with Gasteiger partial charge in [-0.25, -0.2) is 9.37 Å². The molecule has 1 saturated carbocycles. The quantitative estimate of drug-likeness (QED) is 0.257. The van der Waals surface area contributed by atoms with Gasteiger partial charge < -0.3 is 19.1 Å². The molecule has 43 heavy (non-hydrogen) atoms. The van der Waals surface area contributed by atoms with Crippen molar-refractivity contribution in [3.8, 4) is 11.1 Å². The van der Waals surface area contributed by atoms with Gasteiger partial charge in [-0.3, -0.25) is 9.69 Å². The number of halogens is 1. The Bertz CT molecular complexity index is 1520. The second kappa shape index (κ2) is 14.3. The molecule has 0 bridgehead atoms. The number of fused-ring (bicyclic) bond motifs is 1. The van der Waals surface area contributed by atoms with Gasteiger partial charge in [0.2, 0.25) is 5.91 Å². The van der Waals surface area contributed by atoms with Crippen molar-refractivity contribution in [2.75, 3.05) is 25.1 Å². The normalized spacial score (nSPS) is 20.3. The van der Waals surface area contributed by atoms with Crippen LogP contribution in [0.4, 0.5) is 10.1 Å². The van der Waals surface area contributed by atoms with Crippen LogP contribution in [0, 0.1) is 26.6 Å². The number of hydrogen-bond acceptors (Lipinski definition) is 6. The van der Waals surface area contributed by atoms with Crippen molar-refractivity contribution in [3.05, 3.63) is 65.1 Å². The predicted octanol–water partition coefficient (Wildman–Crippen LogP) is 7.62. The van der Waals surface area contributed by atoms with E-state index in [0.29, 0.717) is 17.8 Å². The molecule has 2 aromatic carbocycles. The minimum atomic E-state index is -0.342. The van der Waals surface area contributed by atoms with Gasteiger partial charge in [-0.2, -0.15) is 0 Å².